The second-order valence-corrected chi connectivity index (χ2v) is 8.90. The van der Waals surface area contributed by atoms with E-state index in [1.165, 1.54) is 33.2 Å². The fourth-order valence-corrected chi connectivity index (χ4v) is 4.94. The van der Waals surface area contributed by atoms with E-state index in [0.717, 1.165) is 15.3 Å². The highest BCUT2D eigenvalue weighted by atomic mass is 32.1. The summed E-state index contributed by atoms with van der Waals surface area (Å²) in [5, 5.41) is 2.46. The number of fused-ring (bicyclic) bond motifs is 1. The number of amides is 1. The van der Waals surface area contributed by atoms with Crippen LogP contribution in [0.5, 0.6) is 0 Å². The van der Waals surface area contributed by atoms with Crippen molar-refractivity contribution in [1.29, 1.82) is 0 Å². The van der Waals surface area contributed by atoms with Crippen molar-refractivity contribution < 1.29 is 9.18 Å². The Balaban J connectivity index is 1.61. The fourth-order valence-electron chi connectivity index (χ4n) is 3.08. The van der Waals surface area contributed by atoms with E-state index in [4.69, 9.17) is 0 Å². The summed E-state index contributed by atoms with van der Waals surface area (Å²) in [5.74, 6) is -0.651. The van der Waals surface area contributed by atoms with Crippen LogP contribution in [0.25, 0.3) is 20.7 Å². The number of aryl methyl sites for hydroxylation is 1. The van der Waals surface area contributed by atoms with Crippen LogP contribution >= 0.6 is 22.7 Å². The van der Waals surface area contributed by atoms with E-state index in [0.29, 0.717) is 15.8 Å². The summed E-state index contributed by atoms with van der Waals surface area (Å²) in [6, 6.07) is 10.3. The van der Waals surface area contributed by atoms with Gasteiger partial charge in [0.15, 0.2) is 0 Å². The number of carbonyl (C=O) groups is 1. The lowest BCUT2D eigenvalue weighted by molar-refractivity contribution is -0.131. The number of benzene rings is 1. The SMILES string of the molecule is Cc1ccc(-c2csc3ncn(CC(=O)N(C)Cc4ccccc4F)c(=O)c23)s1. The van der Waals surface area contributed by atoms with Crippen molar-refractivity contribution in [2.24, 2.45) is 0 Å². The Morgan fingerprint density at radius 1 is 1.24 bits per heavy atom. The van der Waals surface area contributed by atoms with Crippen molar-refractivity contribution in [2.45, 2.75) is 20.0 Å². The van der Waals surface area contributed by atoms with Gasteiger partial charge in [-0.1, -0.05) is 18.2 Å². The van der Waals surface area contributed by atoms with Crippen molar-refractivity contribution in [1.82, 2.24) is 14.5 Å². The van der Waals surface area contributed by atoms with Crippen molar-refractivity contribution in [3.63, 3.8) is 0 Å². The molecule has 1 amide bonds. The van der Waals surface area contributed by atoms with E-state index < -0.39 is 0 Å². The molecule has 0 spiro atoms. The third kappa shape index (κ3) is 3.86. The number of aromatic nitrogens is 2. The van der Waals surface area contributed by atoms with Gasteiger partial charge < -0.3 is 4.90 Å². The Hall–Kier alpha value is -2.84. The molecule has 4 rings (SSSR count). The molecule has 29 heavy (non-hydrogen) atoms. The zero-order chi connectivity index (χ0) is 20.5. The molecule has 0 aliphatic heterocycles. The Morgan fingerprint density at radius 3 is 2.76 bits per heavy atom. The predicted octanol–water partition coefficient (Wildman–Crippen LogP) is 4.29. The average molecular weight is 428 g/mol. The molecule has 0 aliphatic carbocycles. The summed E-state index contributed by atoms with van der Waals surface area (Å²) in [7, 11) is 1.59. The van der Waals surface area contributed by atoms with Crippen molar-refractivity contribution in [2.75, 3.05) is 7.05 Å². The summed E-state index contributed by atoms with van der Waals surface area (Å²) < 4.78 is 15.2. The molecular formula is C21H18FN3O2S2. The highest BCUT2D eigenvalue weighted by Gasteiger charge is 2.17. The van der Waals surface area contributed by atoms with E-state index >= 15 is 0 Å². The number of rotatable bonds is 5. The van der Waals surface area contributed by atoms with Crippen LogP contribution in [-0.4, -0.2) is 27.4 Å². The number of hydrogen-bond acceptors (Lipinski definition) is 5. The van der Waals surface area contributed by atoms with Crippen LogP contribution in [0.4, 0.5) is 4.39 Å². The molecule has 3 heterocycles. The van der Waals surface area contributed by atoms with Gasteiger partial charge in [-0.3, -0.25) is 14.2 Å². The molecular weight excluding hydrogens is 409 g/mol. The largest absolute Gasteiger partial charge is 0.340 e. The van der Waals surface area contributed by atoms with Crippen LogP contribution in [0.15, 0.2) is 52.9 Å². The van der Waals surface area contributed by atoms with Crippen LogP contribution in [0.3, 0.4) is 0 Å². The molecule has 0 atom stereocenters. The minimum atomic E-state index is -0.360. The molecule has 0 saturated carbocycles. The summed E-state index contributed by atoms with van der Waals surface area (Å²) in [4.78, 5) is 34.3. The Labute approximate surface area is 174 Å². The molecule has 8 heteroatoms. The lowest BCUT2D eigenvalue weighted by Crippen LogP contribution is -2.33. The third-order valence-electron chi connectivity index (χ3n) is 4.66. The molecule has 0 radical (unpaired) electrons. The molecule has 5 nitrogen and oxygen atoms in total. The summed E-state index contributed by atoms with van der Waals surface area (Å²) in [5.41, 5.74) is 1.03. The van der Waals surface area contributed by atoms with E-state index in [1.54, 1.807) is 36.6 Å². The Kier molecular flexibility index (Phi) is 5.29. The maximum atomic E-state index is 13.8. The normalized spacial score (nSPS) is 11.1. The first-order valence-corrected chi connectivity index (χ1v) is 10.6. The summed E-state index contributed by atoms with van der Waals surface area (Å²) in [6.45, 7) is 2.00. The zero-order valence-electron chi connectivity index (χ0n) is 15.9. The minimum absolute atomic E-state index is 0.133. The number of nitrogens with zero attached hydrogens (tertiary/aromatic N) is 3. The third-order valence-corrected chi connectivity index (χ3v) is 6.58. The van der Waals surface area contributed by atoms with Crippen molar-refractivity contribution in [3.05, 3.63) is 74.7 Å². The quantitative estimate of drug-likeness (QED) is 0.477. The second-order valence-electron chi connectivity index (χ2n) is 6.76. The molecule has 4 aromatic rings. The van der Waals surface area contributed by atoms with Crippen LogP contribution < -0.4 is 5.56 Å². The first kappa shape index (κ1) is 19.5. The van der Waals surface area contributed by atoms with Gasteiger partial charge in [-0.05, 0) is 25.1 Å². The molecule has 0 unspecified atom stereocenters. The first-order valence-electron chi connectivity index (χ1n) is 8.95. The van der Waals surface area contributed by atoms with Gasteiger partial charge in [-0.25, -0.2) is 9.37 Å². The molecule has 0 aliphatic rings. The monoisotopic (exact) mass is 427 g/mol. The van der Waals surface area contributed by atoms with E-state index in [9.17, 15) is 14.0 Å². The molecule has 3 aromatic heterocycles. The van der Waals surface area contributed by atoms with Gasteiger partial charge in [0.2, 0.25) is 5.91 Å². The lowest BCUT2D eigenvalue weighted by Gasteiger charge is -2.18. The van der Waals surface area contributed by atoms with Gasteiger partial charge in [0, 0.05) is 39.9 Å². The Bertz CT molecular complexity index is 1260. The molecule has 0 saturated heterocycles. The topological polar surface area (TPSA) is 55.2 Å². The van der Waals surface area contributed by atoms with E-state index in [1.807, 2.05) is 24.4 Å². The molecule has 0 N–H and O–H groups in total. The van der Waals surface area contributed by atoms with Gasteiger partial charge in [-0.15, -0.1) is 22.7 Å². The van der Waals surface area contributed by atoms with Crippen LogP contribution in [0.2, 0.25) is 0 Å². The maximum Gasteiger partial charge on any atom is 0.263 e. The van der Waals surface area contributed by atoms with Crippen LogP contribution in [0, 0.1) is 12.7 Å². The molecule has 1 aromatic carbocycles. The molecule has 0 fully saturated rings. The maximum absolute atomic E-state index is 13.8. The first-order chi connectivity index (χ1) is 13.9. The van der Waals surface area contributed by atoms with Gasteiger partial charge in [0.05, 0.1) is 11.7 Å². The zero-order valence-corrected chi connectivity index (χ0v) is 17.5. The van der Waals surface area contributed by atoms with E-state index in [2.05, 4.69) is 4.98 Å². The molecule has 0 bridgehead atoms. The summed E-state index contributed by atoms with van der Waals surface area (Å²) in [6.07, 6.45) is 1.40. The minimum Gasteiger partial charge on any atom is -0.340 e. The second kappa shape index (κ2) is 7.88. The Morgan fingerprint density at radius 2 is 2.03 bits per heavy atom. The van der Waals surface area contributed by atoms with E-state index in [-0.39, 0.29) is 30.4 Å². The average Bonchev–Trinajstić information content (AvgIpc) is 3.32. The van der Waals surface area contributed by atoms with Gasteiger partial charge in [-0.2, -0.15) is 0 Å². The number of likely N-dealkylation sites (N-methyl/N-ethyl adjacent to an activating group) is 1. The fraction of sp³-hybridized carbons (Fsp3) is 0.190. The van der Waals surface area contributed by atoms with Gasteiger partial charge in [0.25, 0.3) is 5.56 Å². The standard InChI is InChI=1S/C21H18FN3O2S2/c1-13-7-8-17(29-13)15-11-28-20-19(15)21(27)25(12-23-20)10-18(26)24(2)9-14-5-3-4-6-16(14)22/h3-8,11-12H,9-10H2,1-2H3. The molecule has 148 valence electrons. The highest BCUT2D eigenvalue weighted by molar-refractivity contribution is 7.19. The number of carbonyl (C=O) groups excluding carboxylic acids is 1. The highest BCUT2D eigenvalue weighted by Crippen LogP contribution is 2.34. The number of halogens is 1. The summed E-state index contributed by atoms with van der Waals surface area (Å²) >= 11 is 3.03. The predicted molar refractivity (Wildman–Crippen MR) is 115 cm³/mol. The van der Waals surface area contributed by atoms with Gasteiger partial charge >= 0.3 is 0 Å². The van der Waals surface area contributed by atoms with Crippen LogP contribution in [0.1, 0.15) is 10.4 Å². The smallest absolute Gasteiger partial charge is 0.263 e. The lowest BCUT2D eigenvalue weighted by atomic mass is 10.2. The van der Waals surface area contributed by atoms with Crippen molar-refractivity contribution in [3.8, 4) is 10.4 Å². The van der Waals surface area contributed by atoms with Gasteiger partial charge in [0.1, 0.15) is 17.2 Å². The van der Waals surface area contributed by atoms with Crippen LogP contribution in [-0.2, 0) is 17.9 Å². The number of hydrogen-bond donors (Lipinski definition) is 0. The number of thiophene rings is 2. The van der Waals surface area contributed by atoms with Crippen molar-refractivity contribution >= 4 is 38.8 Å².